The van der Waals surface area contributed by atoms with Crippen molar-refractivity contribution in [1.82, 2.24) is 0 Å². The van der Waals surface area contributed by atoms with Gasteiger partial charge in [-0.2, -0.15) is 0 Å². The highest BCUT2D eigenvalue weighted by molar-refractivity contribution is 7.47. The largest absolute Gasteiger partial charge is 0.472 e. The van der Waals surface area contributed by atoms with Gasteiger partial charge >= 0.3 is 39.5 Å². The molecule has 0 aliphatic carbocycles. The quantitative estimate of drug-likeness (QED) is 0.0222. The zero-order chi connectivity index (χ0) is 70.1. The first-order valence-corrected chi connectivity index (χ1v) is 42.4. The fourth-order valence-corrected chi connectivity index (χ4v) is 13.1. The van der Waals surface area contributed by atoms with Crippen LogP contribution in [0.1, 0.15) is 389 Å². The van der Waals surface area contributed by atoms with Crippen molar-refractivity contribution in [3.05, 3.63) is 0 Å². The predicted molar refractivity (Wildman–Crippen MR) is 386 cm³/mol. The summed E-state index contributed by atoms with van der Waals surface area (Å²) in [5, 5.41) is 10.6. The topological polar surface area (TPSA) is 237 Å². The first-order valence-electron chi connectivity index (χ1n) is 39.4. The summed E-state index contributed by atoms with van der Waals surface area (Å²) in [5.41, 5.74) is 0. The average molecular weight is 1400 g/mol. The Morgan fingerprint density at radius 2 is 0.537 bits per heavy atom. The van der Waals surface area contributed by atoms with Gasteiger partial charge in [-0.15, -0.1) is 0 Å². The van der Waals surface area contributed by atoms with Gasteiger partial charge in [0.25, 0.3) is 0 Å². The molecule has 0 saturated carbocycles. The molecule has 0 amide bonds. The fourth-order valence-electron chi connectivity index (χ4n) is 11.5. The van der Waals surface area contributed by atoms with Crippen LogP contribution in [-0.4, -0.2) is 96.7 Å². The van der Waals surface area contributed by atoms with Crippen LogP contribution in [-0.2, 0) is 65.4 Å². The van der Waals surface area contributed by atoms with Crippen LogP contribution in [0.25, 0.3) is 0 Å². The van der Waals surface area contributed by atoms with Crippen molar-refractivity contribution in [3.8, 4) is 0 Å². The molecule has 0 heterocycles. The van der Waals surface area contributed by atoms with Crippen LogP contribution in [0.4, 0.5) is 0 Å². The minimum Gasteiger partial charge on any atom is -0.462 e. The summed E-state index contributed by atoms with van der Waals surface area (Å²) in [6.45, 7) is 11.9. The monoisotopic (exact) mass is 1400 g/mol. The lowest BCUT2D eigenvalue weighted by atomic mass is 9.99. The Labute approximate surface area is 581 Å². The number of aliphatic hydroxyl groups excluding tert-OH is 1. The molecule has 0 aliphatic heterocycles. The minimum absolute atomic E-state index is 0.106. The molecule has 0 spiro atoms. The third kappa shape index (κ3) is 67.6. The summed E-state index contributed by atoms with van der Waals surface area (Å²) in [5.74, 6) is 0.235. The van der Waals surface area contributed by atoms with E-state index in [0.29, 0.717) is 25.7 Å². The van der Waals surface area contributed by atoms with Crippen molar-refractivity contribution in [2.45, 2.75) is 407 Å². The van der Waals surface area contributed by atoms with E-state index >= 15 is 0 Å². The molecule has 0 aromatic carbocycles. The number of phosphoric acid groups is 2. The molecule has 3 N–H and O–H groups in total. The molecule has 0 aromatic rings. The SMILES string of the molecule is CCCCCCCCCCCCCCCCCC(=O)O[C@H](COC(=O)CCCCCCCCCCCCCC(C)C)COP(=O)(O)OC[C@@H](O)COP(=O)(O)OC[C@@H](COC(=O)CCCCCCCCCCC(C)CC)OC(=O)CCCCCCCCCCCCC(C)CC. The molecule has 19 heteroatoms. The minimum atomic E-state index is -4.96. The van der Waals surface area contributed by atoms with E-state index in [9.17, 15) is 43.2 Å². The van der Waals surface area contributed by atoms with E-state index in [2.05, 4.69) is 48.5 Å². The fraction of sp³-hybridized carbons (Fsp3) is 0.947. The summed E-state index contributed by atoms with van der Waals surface area (Å²) in [6, 6.07) is 0. The van der Waals surface area contributed by atoms with Gasteiger partial charge in [-0.1, -0.05) is 337 Å². The van der Waals surface area contributed by atoms with Crippen LogP contribution < -0.4 is 0 Å². The molecule has 0 aliphatic rings. The molecule has 564 valence electrons. The molecule has 0 radical (unpaired) electrons. The highest BCUT2D eigenvalue weighted by atomic mass is 31.2. The average Bonchev–Trinajstić information content (AvgIpc) is 1.76. The van der Waals surface area contributed by atoms with Crippen molar-refractivity contribution < 1.29 is 80.2 Å². The smallest absolute Gasteiger partial charge is 0.462 e. The number of ether oxygens (including phenoxy) is 4. The molecular weight excluding hydrogens is 1250 g/mol. The standard InChI is InChI=1S/C76H148O17P2/c1-8-11-12-13-14-15-16-17-18-19-22-29-38-45-52-59-75(80)92-71(63-86-73(78)57-50-43-36-28-23-20-21-26-33-40-47-54-67(4)5)65-90-94(82,83)88-61-70(77)62-89-95(84,85)91-66-72(64-87-74(79)58-51-44-37-32-31-35-42-49-56-69(7)10-3)93-76(81)60-53-46-39-30-25-24-27-34-41-48-55-68(6)9-2/h67-72,77H,8-66H2,1-7H3,(H,82,83)(H,84,85)/t68?,69?,70-,71-,72-/m1/s1. The number of aliphatic hydroxyl groups is 1. The number of rotatable bonds is 74. The highest BCUT2D eigenvalue weighted by Crippen LogP contribution is 2.45. The van der Waals surface area contributed by atoms with E-state index in [1.165, 1.54) is 199 Å². The number of unbranched alkanes of at least 4 members (excludes halogenated alkanes) is 40. The van der Waals surface area contributed by atoms with E-state index in [-0.39, 0.29) is 25.7 Å². The van der Waals surface area contributed by atoms with Gasteiger partial charge in [-0.25, -0.2) is 9.13 Å². The van der Waals surface area contributed by atoms with Crippen molar-refractivity contribution in [2.24, 2.45) is 17.8 Å². The molecule has 0 rings (SSSR count). The van der Waals surface area contributed by atoms with Gasteiger partial charge in [0.05, 0.1) is 26.4 Å². The third-order valence-electron chi connectivity index (χ3n) is 18.4. The second-order valence-electron chi connectivity index (χ2n) is 28.4. The highest BCUT2D eigenvalue weighted by Gasteiger charge is 2.30. The van der Waals surface area contributed by atoms with Gasteiger partial charge in [0.1, 0.15) is 19.3 Å². The van der Waals surface area contributed by atoms with E-state index in [4.69, 9.17) is 37.0 Å². The molecule has 0 aromatic heterocycles. The molecule has 0 saturated heterocycles. The zero-order valence-electron chi connectivity index (χ0n) is 62.1. The second kappa shape index (κ2) is 66.6. The van der Waals surface area contributed by atoms with E-state index in [1.54, 1.807) is 0 Å². The second-order valence-corrected chi connectivity index (χ2v) is 31.3. The summed E-state index contributed by atoms with van der Waals surface area (Å²) in [6.07, 6.45) is 52.5. The Kier molecular flexibility index (Phi) is 65.2. The van der Waals surface area contributed by atoms with E-state index < -0.39 is 97.5 Å². The molecule has 0 fully saturated rings. The van der Waals surface area contributed by atoms with Crippen LogP contribution in [0, 0.1) is 17.8 Å². The zero-order valence-corrected chi connectivity index (χ0v) is 63.9. The molecule has 0 bridgehead atoms. The first-order chi connectivity index (χ1) is 45.8. The molecule has 95 heavy (non-hydrogen) atoms. The van der Waals surface area contributed by atoms with Gasteiger partial charge in [0.2, 0.25) is 0 Å². The van der Waals surface area contributed by atoms with Gasteiger partial charge in [-0.05, 0) is 43.4 Å². The summed E-state index contributed by atoms with van der Waals surface area (Å²) < 4.78 is 68.6. The Morgan fingerprint density at radius 1 is 0.305 bits per heavy atom. The first kappa shape index (κ1) is 93.1. The Bertz CT molecular complexity index is 1860. The third-order valence-corrected chi connectivity index (χ3v) is 20.3. The van der Waals surface area contributed by atoms with Crippen LogP contribution in [0.5, 0.6) is 0 Å². The number of esters is 4. The number of hydrogen-bond acceptors (Lipinski definition) is 15. The lowest BCUT2D eigenvalue weighted by Crippen LogP contribution is -2.30. The molecule has 17 nitrogen and oxygen atoms in total. The molecule has 7 atom stereocenters. The van der Waals surface area contributed by atoms with Crippen molar-refractivity contribution in [1.29, 1.82) is 0 Å². The van der Waals surface area contributed by atoms with Crippen molar-refractivity contribution in [2.75, 3.05) is 39.6 Å². The number of hydrogen-bond donors (Lipinski definition) is 3. The van der Waals surface area contributed by atoms with E-state index in [0.717, 1.165) is 108 Å². The van der Waals surface area contributed by atoms with Crippen molar-refractivity contribution in [3.63, 3.8) is 0 Å². The maximum atomic E-state index is 13.1. The molecule has 4 unspecified atom stereocenters. The lowest BCUT2D eigenvalue weighted by Gasteiger charge is -2.21. The maximum absolute atomic E-state index is 13.1. The summed E-state index contributed by atoms with van der Waals surface area (Å²) >= 11 is 0. The summed E-state index contributed by atoms with van der Waals surface area (Å²) in [4.78, 5) is 72.9. The van der Waals surface area contributed by atoms with Crippen LogP contribution in [0.15, 0.2) is 0 Å². The number of carbonyl (C=O) groups is 4. The van der Waals surface area contributed by atoms with Gasteiger partial charge < -0.3 is 33.8 Å². The van der Waals surface area contributed by atoms with Crippen LogP contribution in [0.3, 0.4) is 0 Å². The van der Waals surface area contributed by atoms with Gasteiger partial charge in [0, 0.05) is 25.7 Å². The molecular formula is C76H148O17P2. The maximum Gasteiger partial charge on any atom is 0.472 e. The lowest BCUT2D eigenvalue weighted by molar-refractivity contribution is -0.161. The van der Waals surface area contributed by atoms with Crippen molar-refractivity contribution >= 4 is 39.5 Å². The summed E-state index contributed by atoms with van der Waals surface area (Å²) in [7, 11) is -9.91. The van der Waals surface area contributed by atoms with Gasteiger partial charge in [-0.3, -0.25) is 37.3 Å². The van der Waals surface area contributed by atoms with E-state index in [1.807, 2.05) is 0 Å². The normalized spacial score (nSPS) is 14.6. The van der Waals surface area contributed by atoms with Crippen LogP contribution in [0.2, 0.25) is 0 Å². The predicted octanol–water partition coefficient (Wildman–Crippen LogP) is 22.2. The Balaban J connectivity index is 5.28. The number of phosphoric ester groups is 2. The number of carbonyl (C=O) groups excluding carboxylic acids is 4. The van der Waals surface area contributed by atoms with Gasteiger partial charge in [0.15, 0.2) is 12.2 Å². The Morgan fingerprint density at radius 3 is 0.800 bits per heavy atom. The van der Waals surface area contributed by atoms with Crippen LogP contribution >= 0.6 is 15.6 Å². The Hall–Kier alpha value is -1.94.